The van der Waals surface area contributed by atoms with E-state index in [1.807, 2.05) is 30.3 Å². The Morgan fingerprint density at radius 1 is 1.00 bits per heavy atom. The number of methoxy groups -OCH3 is 1. The number of carbonyl (C=O) groups excluding carboxylic acids is 1. The minimum Gasteiger partial charge on any atom is -0.465 e. The zero-order valence-electron chi connectivity index (χ0n) is 19.8. The Labute approximate surface area is 216 Å². The quantitative estimate of drug-likeness (QED) is 0.379. The molecule has 0 saturated carbocycles. The van der Waals surface area contributed by atoms with Crippen LogP contribution in [0.3, 0.4) is 0 Å². The molecule has 3 aromatic rings. The monoisotopic (exact) mass is 503 g/mol. The Kier molecular flexibility index (Phi) is 6.84. The first-order chi connectivity index (χ1) is 16.9. The highest BCUT2D eigenvalue weighted by atomic mass is 35.5. The Bertz CT molecular complexity index is 1350. The molecule has 5 heteroatoms. The number of halogens is 2. The molecule has 1 atom stereocenters. The molecular weight excluding hydrogens is 477 g/mol. The van der Waals surface area contributed by atoms with Crippen molar-refractivity contribution in [2.24, 2.45) is 5.92 Å². The van der Waals surface area contributed by atoms with Gasteiger partial charge in [-0.3, -0.25) is 0 Å². The van der Waals surface area contributed by atoms with Crippen LogP contribution >= 0.6 is 23.2 Å². The maximum atomic E-state index is 12.2. The summed E-state index contributed by atoms with van der Waals surface area (Å²) >= 11 is 13.0. The molecule has 35 heavy (non-hydrogen) atoms. The number of benzene rings is 3. The van der Waals surface area contributed by atoms with E-state index < -0.39 is 0 Å². The van der Waals surface area contributed by atoms with Crippen molar-refractivity contribution in [3.05, 3.63) is 110 Å². The molecule has 0 bridgehead atoms. The summed E-state index contributed by atoms with van der Waals surface area (Å²) in [4.78, 5) is 12.2. The van der Waals surface area contributed by atoms with Gasteiger partial charge in [0.2, 0.25) is 0 Å². The lowest BCUT2D eigenvalue weighted by Crippen LogP contribution is -2.33. The number of fused-ring (bicyclic) bond motifs is 1. The second-order valence-corrected chi connectivity index (χ2v) is 10.1. The predicted molar refractivity (Wildman–Crippen MR) is 145 cm³/mol. The number of hydrogen-bond donors (Lipinski definition) is 1. The predicted octanol–water partition coefficient (Wildman–Crippen LogP) is 7.31. The lowest BCUT2D eigenvalue weighted by Gasteiger charge is -2.22. The van der Waals surface area contributed by atoms with Gasteiger partial charge in [0.25, 0.3) is 0 Å². The second kappa shape index (κ2) is 10.0. The molecule has 5 rings (SSSR count). The van der Waals surface area contributed by atoms with Crippen molar-refractivity contribution in [1.29, 1.82) is 0 Å². The number of aryl methyl sites for hydroxylation is 1. The van der Waals surface area contributed by atoms with Gasteiger partial charge in [0, 0.05) is 23.1 Å². The summed E-state index contributed by atoms with van der Waals surface area (Å²) in [5.41, 5.74) is 9.91. The first-order valence-corrected chi connectivity index (χ1v) is 12.6. The number of nitrogens with one attached hydrogen (secondary N) is 1. The fourth-order valence-electron chi connectivity index (χ4n) is 4.97. The average molecular weight is 504 g/mol. The number of esters is 1. The summed E-state index contributed by atoms with van der Waals surface area (Å²) in [6.45, 7) is 4.16. The molecular formula is C30H27Cl2NO2. The Morgan fingerprint density at radius 3 is 2.40 bits per heavy atom. The topological polar surface area (TPSA) is 38.3 Å². The van der Waals surface area contributed by atoms with Crippen LogP contribution in [0, 0.1) is 5.92 Å². The first kappa shape index (κ1) is 23.9. The van der Waals surface area contributed by atoms with Crippen LogP contribution in [-0.4, -0.2) is 26.2 Å². The van der Waals surface area contributed by atoms with Crippen LogP contribution in [0.15, 0.2) is 66.2 Å². The summed E-state index contributed by atoms with van der Waals surface area (Å²) in [5, 5.41) is 4.55. The van der Waals surface area contributed by atoms with E-state index in [9.17, 15) is 4.79 Å². The second-order valence-electron chi connectivity index (χ2n) is 9.24. The minimum absolute atomic E-state index is 0.250. The van der Waals surface area contributed by atoms with E-state index in [-0.39, 0.29) is 11.9 Å². The molecule has 1 aliphatic heterocycles. The molecule has 1 unspecified atom stereocenters. The van der Waals surface area contributed by atoms with Crippen LogP contribution in [0.2, 0.25) is 10.0 Å². The average Bonchev–Trinajstić information content (AvgIpc) is 2.97. The SMILES string of the molecule is COC(=O)c1ccc2c(c1)CCC(C)C(c1ccc(Cl)cc1Cl)=C2c1ccc(C=C2CNC2)cc1. The van der Waals surface area contributed by atoms with Gasteiger partial charge < -0.3 is 10.1 Å². The normalized spacial score (nSPS) is 17.4. The van der Waals surface area contributed by atoms with Crippen LogP contribution in [0.1, 0.15) is 51.5 Å². The highest BCUT2D eigenvalue weighted by Gasteiger charge is 2.26. The fourth-order valence-corrected chi connectivity index (χ4v) is 5.48. The van der Waals surface area contributed by atoms with Gasteiger partial charge in [0.1, 0.15) is 0 Å². The van der Waals surface area contributed by atoms with Crippen LogP contribution < -0.4 is 5.32 Å². The fraction of sp³-hybridized carbons (Fsp3) is 0.233. The van der Waals surface area contributed by atoms with Crippen LogP contribution in [0.4, 0.5) is 0 Å². The molecule has 3 aromatic carbocycles. The lowest BCUT2D eigenvalue weighted by molar-refractivity contribution is 0.0600. The molecule has 0 radical (unpaired) electrons. The lowest BCUT2D eigenvalue weighted by atomic mass is 9.83. The van der Waals surface area contributed by atoms with Gasteiger partial charge in [-0.25, -0.2) is 4.79 Å². The zero-order chi connectivity index (χ0) is 24.5. The smallest absolute Gasteiger partial charge is 0.337 e. The maximum absolute atomic E-state index is 12.2. The van der Waals surface area contributed by atoms with Crippen molar-refractivity contribution in [1.82, 2.24) is 5.32 Å². The van der Waals surface area contributed by atoms with E-state index in [0.29, 0.717) is 15.6 Å². The van der Waals surface area contributed by atoms with Crippen molar-refractivity contribution in [3.8, 4) is 0 Å². The first-order valence-electron chi connectivity index (χ1n) is 11.9. The number of ether oxygens (including phenoxy) is 1. The van der Waals surface area contributed by atoms with Gasteiger partial charge in [-0.2, -0.15) is 0 Å². The van der Waals surface area contributed by atoms with Gasteiger partial charge in [0.05, 0.1) is 12.7 Å². The molecule has 3 nitrogen and oxygen atoms in total. The van der Waals surface area contributed by atoms with Gasteiger partial charge >= 0.3 is 5.97 Å². The zero-order valence-corrected chi connectivity index (χ0v) is 21.3. The number of allylic oxidation sites excluding steroid dienone is 1. The summed E-state index contributed by atoms with van der Waals surface area (Å²) in [5.74, 6) is -0.0695. The summed E-state index contributed by atoms with van der Waals surface area (Å²) in [6.07, 6.45) is 4.04. The van der Waals surface area contributed by atoms with E-state index in [2.05, 4.69) is 48.6 Å². The standard InChI is InChI=1S/C30H27Cl2NO2/c1-18-3-6-22-14-23(30(34)35-2)9-11-25(22)29(28(18)26-12-10-24(31)15-27(26)32)21-7-4-19(5-8-21)13-20-16-33-17-20/h4-5,7-15,18,33H,3,6,16-17H2,1-2H3. The van der Waals surface area contributed by atoms with Crippen LogP contribution in [0.25, 0.3) is 17.2 Å². The molecule has 0 amide bonds. The Morgan fingerprint density at radius 2 is 1.74 bits per heavy atom. The Balaban J connectivity index is 1.72. The van der Waals surface area contributed by atoms with Gasteiger partial charge in [-0.1, -0.05) is 72.6 Å². The highest BCUT2D eigenvalue weighted by Crippen LogP contribution is 2.45. The molecule has 1 fully saturated rings. The highest BCUT2D eigenvalue weighted by molar-refractivity contribution is 6.36. The van der Waals surface area contributed by atoms with Crippen LogP contribution in [0.5, 0.6) is 0 Å². The van der Waals surface area contributed by atoms with Gasteiger partial charge in [0.15, 0.2) is 0 Å². The maximum Gasteiger partial charge on any atom is 0.337 e. The summed E-state index contributed by atoms with van der Waals surface area (Å²) in [6, 6.07) is 20.3. The summed E-state index contributed by atoms with van der Waals surface area (Å²) in [7, 11) is 1.42. The molecule has 2 aliphatic rings. The van der Waals surface area contributed by atoms with Crippen molar-refractivity contribution < 1.29 is 9.53 Å². The molecule has 1 aliphatic carbocycles. The van der Waals surface area contributed by atoms with E-state index in [4.69, 9.17) is 27.9 Å². The largest absolute Gasteiger partial charge is 0.465 e. The minimum atomic E-state index is -0.320. The molecule has 0 aromatic heterocycles. The molecule has 178 valence electrons. The third kappa shape index (κ3) is 4.81. The van der Waals surface area contributed by atoms with Crippen molar-refractivity contribution >= 4 is 46.4 Å². The van der Waals surface area contributed by atoms with Gasteiger partial charge in [-0.15, -0.1) is 0 Å². The van der Waals surface area contributed by atoms with E-state index >= 15 is 0 Å². The number of rotatable bonds is 4. The molecule has 0 spiro atoms. The summed E-state index contributed by atoms with van der Waals surface area (Å²) < 4.78 is 4.98. The Hall–Kier alpha value is -2.85. The molecule has 1 heterocycles. The van der Waals surface area contributed by atoms with E-state index in [1.165, 1.54) is 23.8 Å². The molecule has 1 saturated heterocycles. The van der Waals surface area contributed by atoms with E-state index in [1.54, 1.807) is 0 Å². The van der Waals surface area contributed by atoms with Crippen molar-refractivity contribution in [2.45, 2.75) is 19.8 Å². The van der Waals surface area contributed by atoms with Crippen molar-refractivity contribution in [3.63, 3.8) is 0 Å². The van der Waals surface area contributed by atoms with Gasteiger partial charge in [-0.05, 0) is 87.6 Å². The number of carbonyl (C=O) groups is 1. The third-order valence-corrected chi connectivity index (χ3v) is 7.45. The third-order valence-electron chi connectivity index (χ3n) is 6.90. The van der Waals surface area contributed by atoms with Crippen LogP contribution in [-0.2, 0) is 11.2 Å². The van der Waals surface area contributed by atoms with Crippen molar-refractivity contribution in [2.75, 3.05) is 20.2 Å². The number of hydrogen-bond acceptors (Lipinski definition) is 3. The van der Waals surface area contributed by atoms with E-state index in [0.717, 1.165) is 53.8 Å². The molecule has 1 N–H and O–H groups in total.